The average Bonchev–Trinajstić information content (AvgIpc) is 2.63. The Labute approximate surface area is 161 Å². The Hall–Kier alpha value is -2.34. The van der Waals surface area contributed by atoms with Gasteiger partial charge in [-0.2, -0.15) is 0 Å². The summed E-state index contributed by atoms with van der Waals surface area (Å²) < 4.78 is 5.88. The number of hydrogen-bond acceptors (Lipinski definition) is 3. The van der Waals surface area contributed by atoms with Gasteiger partial charge in [0.15, 0.2) is 0 Å². The summed E-state index contributed by atoms with van der Waals surface area (Å²) >= 11 is 3.40. The van der Waals surface area contributed by atoms with Gasteiger partial charge in [-0.1, -0.05) is 0 Å². The fraction of sp³-hybridized carbons (Fsp3) is 0.300. The lowest BCUT2D eigenvalue weighted by molar-refractivity contribution is -0.119. The van der Waals surface area contributed by atoms with Gasteiger partial charge in [0.25, 0.3) is 5.91 Å². The third-order valence-electron chi connectivity index (χ3n) is 4.49. The second-order valence-corrected chi connectivity index (χ2v) is 7.16. The maximum absolute atomic E-state index is 12.6. The molecule has 136 valence electrons. The van der Waals surface area contributed by atoms with E-state index in [1.54, 1.807) is 25.3 Å². The fourth-order valence-corrected chi connectivity index (χ4v) is 3.53. The predicted molar refractivity (Wildman–Crippen MR) is 106 cm³/mol. The molecule has 0 radical (unpaired) electrons. The van der Waals surface area contributed by atoms with Crippen molar-refractivity contribution in [2.75, 3.05) is 23.9 Å². The highest BCUT2D eigenvalue weighted by Crippen LogP contribution is 2.28. The van der Waals surface area contributed by atoms with Crippen molar-refractivity contribution in [2.24, 2.45) is 0 Å². The minimum absolute atomic E-state index is 0.163. The van der Waals surface area contributed by atoms with E-state index < -0.39 is 0 Å². The first-order valence-corrected chi connectivity index (χ1v) is 9.35. The standard InChI is InChI=1S/C20H21BrN2O3/c1-13-11-14(6-9-18(13)23-10-4-3-5-19(23)24)22-20(25)16-12-15(26-2)7-8-17(16)21/h6-9,11-12H,3-5,10H2,1-2H3,(H,22,25). The van der Waals surface area contributed by atoms with Gasteiger partial charge < -0.3 is 15.0 Å². The molecule has 2 amide bonds. The van der Waals surface area contributed by atoms with Crippen LogP contribution in [0.4, 0.5) is 11.4 Å². The maximum Gasteiger partial charge on any atom is 0.256 e. The van der Waals surface area contributed by atoms with Crippen LogP contribution < -0.4 is 15.0 Å². The number of halogens is 1. The minimum Gasteiger partial charge on any atom is -0.497 e. The zero-order valence-electron chi connectivity index (χ0n) is 14.8. The molecule has 0 atom stereocenters. The van der Waals surface area contributed by atoms with E-state index in [1.807, 2.05) is 30.0 Å². The van der Waals surface area contributed by atoms with E-state index in [0.29, 0.717) is 27.9 Å². The molecule has 1 aliphatic heterocycles. The van der Waals surface area contributed by atoms with Crippen LogP contribution in [0.2, 0.25) is 0 Å². The van der Waals surface area contributed by atoms with Gasteiger partial charge in [-0.25, -0.2) is 0 Å². The summed E-state index contributed by atoms with van der Waals surface area (Å²) in [6.45, 7) is 2.70. The van der Waals surface area contributed by atoms with E-state index in [9.17, 15) is 9.59 Å². The number of ether oxygens (including phenoxy) is 1. The topological polar surface area (TPSA) is 58.6 Å². The number of piperidine rings is 1. The molecule has 5 nitrogen and oxygen atoms in total. The summed E-state index contributed by atoms with van der Waals surface area (Å²) in [7, 11) is 1.56. The SMILES string of the molecule is COc1ccc(Br)c(C(=O)Nc2ccc(N3CCCCC3=O)c(C)c2)c1. The highest BCUT2D eigenvalue weighted by atomic mass is 79.9. The molecule has 0 aliphatic carbocycles. The van der Waals surface area contributed by atoms with E-state index in [1.165, 1.54) is 0 Å². The van der Waals surface area contributed by atoms with Gasteiger partial charge in [-0.3, -0.25) is 9.59 Å². The molecule has 3 rings (SSSR count). The predicted octanol–water partition coefficient (Wildman–Crippen LogP) is 4.54. The van der Waals surface area contributed by atoms with Crippen LogP contribution in [0.1, 0.15) is 35.2 Å². The Morgan fingerprint density at radius 3 is 2.69 bits per heavy atom. The van der Waals surface area contributed by atoms with Crippen LogP contribution in [0, 0.1) is 6.92 Å². The van der Waals surface area contributed by atoms with Gasteiger partial charge >= 0.3 is 0 Å². The van der Waals surface area contributed by atoms with Crippen molar-refractivity contribution in [3.8, 4) is 5.75 Å². The zero-order chi connectivity index (χ0) is 18.7. The van der Waals surface area contributed by atoms with Crippen molar-refractivity contribution in [3.05, 3.63) is 52.0 Å². The lowest BCUT2D eigenvalue weighted by Gasteiger charge is -2.28. The van der Waals surface area contributed by atoms with Crippen molar-refractivity contribution in [1.82, 2.24) is 0 Å². The lowest BCUT2D eigenvalue weighted by atomic mass is 10.1. The molecule has 26 heavy (non-hydrogen) atoms. The second kappa shape index (κ2) is 7.91. The van der Waals surface area contributed by atoms with Crippen molar-refractivity contribution in [3.63, 3.8) is 0 Å². The first-order chi connectivity index (χ1) is 12.5. The number of carbonyl (C=O) groups excluding carboxylic acids is 2. The Bertz CT molecular complexity index is 851. The quantitative estimate of drug-likeness (QED) is 0.795. The molecule has 0 bridgehead atoms. The minimum atomic E-state index is -0.225. The van der Waals surface area contributed by atoms with Crippen LogP contribution in [0.5, 0.6) is 5.75 Å². The van der Waals surface area contributed by atoms with Gasteiger partial charge in [0.1, 0.15) is 5.75 Å². The molecular formula is C20H21BrN2O3. The molecular weight excluding hydrogens is 396 g/mol. The van der Waals surface area contributed by atoms with Crippen LogP contribution in [-0.2, 0) is 4.79 Å². The molecule has 1 heterocycles. The number of methoxy groups -OCH3 is 1. The number of rotatable bonds is 4. The van der Waals surface area contributed by atoms with E-state index >= 15 is 0 Å². The number of anilines is 2. The Balaban J connectivity index is 1.79. The van der Waals surface area contributed by atoms with Gasteiger partial charge in [-0.05, 0) is 77.7 Å². The van der Waals surface area contributed by atoms with Crippen molar-refractivity contribution in [2.45, 2.75) is 26.2 Å². The fourth-order valence-electron chi connectivity index (χ4n) is 3.10. The van der Waals surface area contributed by atoms with Crippen LogP contribution in [-0.4, -0.2) is 25.5 Å². The summed E-state index contributed by atoms with van der Waals surface area (Å²) in [4.78, 5) is 26.6. The van der Waals surface area contributed by atoms with Crippen LogP contribution in [0.15, 0.2) is 40.9 Å². The number of amides is 2. The van der Waals surface area contributed by atoms with Gasteiger partial charge in [0.2, 0.25) is 5.91 Å². The highest BCUT2D eigenvalue weighted by Gasteiger charge is 2.21. The van der Waals surface area contributed by atoms with Gasteiger partial charge in [0, 0.05) is 28.8 Å². The second-order valence-electron chi connectivity index (χ2n) is 6.30. The molecule has 1 N–H and O–H groups in total. The van der Waals surface area contributed by atoms with Crippen molar-refractivity contribution >= 4 is 39.1 Å². The van der Waals surface area contributed by atoms with E-state index in [0.717, 1.165) is 30.6 Å². The summed E-state index contributed by atoms with van der Waals surface area (Å²) in [5.74, 6) is 0.557. The molecule has 0 spiro atoms. The maximum atomic E-state index is 12.6. The van der Waals surface area contributed by atoms with Crippen LogP contribution in [0.25, 0.3) is 0 Å². The molecule has 2 aromatic rings. The molecule has 6 heteroatoms. The smallest absolute Gasteiger partial charge is 0.256 e. The average molecular weight is 417 g/mol. The molecule has 2 aromatic carbocycles. The number of carbonyl (C=O) groups is 2. The first kappa shape index (κ1) is 18.5. The summed E-state index contributed by atoms with van der Waals surface area (Å²) in [5, 5.41) is 2.90. The number of aryl methyl sites for hydroxylation is 1. The number of nitrogens with one attached hydrogen (secondary N) is 1. The van der Waals surface area contributed by atoms with Gasteiger partial charge in [0.05, 0.1) is 12.7 Å². The van der Waals surface area contributed by atoms with E-state index in [4.69, 9.17) is 4.74 Å². The molecule has 1 saturated heterocycles. The Kier molecular flexibility index (Phi) is 5.61. The summed E-state index contributed by atoms with van der Waals surface area (Å²) in [6.07, 6.45) is 2.58. The van der Waals surface area contributed by atoms with E-state index in [2.05, 4.69) is 21.2 Å². The molecule has 1 fully saturated rings. The number of nitrogens with zero attached hydrogens (tertiary/aromatic N) is 1. The van der Waals surface area contributed by atoms with Crippen LogP contribution in [0.3, 0.4) is 0 Å². The van der Waals surface area contributed by atoms with Crippen molar-refractivity contribution in [1.29, 1.82) is 0 Å². The Morgan fingerprint density at radius 1 is 1.19 bits per heavy atom. The lowest BCUT2D eigenvalue weighted by Crippen LogP contribution is -2.35. The van der Waals surface area contributed by atoms with Gasteiger partial charge in [-0.15, -0.1) is 0 Å². The first-order valence-electron chi connectivity index (χ1n) is 8.55. The Morgan fingerprint density at radius 2 is 2.00 bits per heavy atom. The normalized spacial score (nSPS) is 14.3. The van der Waals surface area contributed by atoms with Crippen LogP contribution >= 0.6 is 15.9 Å². The van der Waals surface area contributed by atoms with Crippen molar-refractivity contribution < 1.29 is 14.3 Å². The zero-order valence-corrected chi connectivity index (χ0v) is 16.4. The molecule has 0 unspecified atom stereocenters. The number of hydrogen-bond donors (Lipinski definition) is 1. The summed E-state index contributed by atoms with van der Waals surface area (Å²) in [5.41, 5.74) is 3.06. The molecule has 1 aliphatic rings. The monoisotopic (exact) mass is 416 g/mol. The molecule has 0 aromatic heterocycles. The number of benzene rings is 2. The van der Waals surface area contributed by atoms with E-state index in [-0.39, 0.29) is 11.8 Å². The third kappa shape index (κ3) is 3.90. The molecule has 0 saturated carbocycles. The highest BCUT2D eigenvalue weighted by molar-refractivity contribution is 9.10. The summed E-state index contributed by atoms with van der Waals surface area (Å²) in [6, 6.07) is 10.9. The largest absolute Gasteiger partial charge is 0.497 e. The third-order valence-corrected chi connectivity index (χ3v) is 5.18.